The van der Waals surface area contributed by atoms with E-state index < -0.39 is 11.9 Å². The van der Waals surface area contributed by atoms with Crippen LogP contribution in [0.25, 0.3) is 0 Å². The molecule has 19 heavy (non-hydrogen) atoms. The van der Waals surface area contributed by atoms with Gasteiger partial charge >= 0.3 is 12.0 Å². The second kappa shape index (κ2) is 7.99. The summed E-state index contributed by atoms with van der Waals surface area (Å²) in [6.07, 6.45) is 1.55. The highest BCUT2D eigenvalue weighted by Gasteiger charge is 2.30. The molecule has 2 amide bonds. The summed E-state index contributed by atoms with van der Waals surface area (Å²) in [5.74, 6) is -0.632. The first-order chi connectivity index (χ1) is 9.00. The number of carboxylic acid groups (broad SMARTS) is 1. The van der Waals surface area contributed by atoms with Gasteiger partial charge in [0.2, 0.25) is 0 Å². The molecular formula is C13H24N2O4. The molecule has 1 atom stereocenters. The Kier molecular flexibility index (Phi) is 6.62. The van der Waals surface area contributed by atoms with Gasteiger partial charge < -0.3 is 20.1 Å². The fraction of sp³-hybridized carbons (Fsp3) is 0.846. The monoisotopic (exact) mass is 272 g/mol. The lowest BCUT2D eigenvalue weighted by Crippen LogP contribution is -2.40. The summed E-state index contributed by atoms with van der Waals surface area (Å²) in [5.41, 5.74) is 0. The van der Waals surface area contributed by atoms with Crippen molar-refractivity contribution in [2.24, 2.45) is 11.8 Å². The van der Waals surface area contributed by atoms with E-state index in [1.54, 1.807) is 4.90 Å². The minimum absolute atomic E-state index is 0.198. The molecule has 1 fully saturated rings. The van der Waals surface area contributed by atoms with Gasteiger partial charge in [-0.3, -0.25) is 4.79 Å². The van der Waals surface area contributed by atoms with Gasteiger partial charge in [0.25, 0.3) is 0 Å². The molecule has 1 aliphatic heterocycles. The maximum absolute atomic E-state index is 11.7. The van der Waals surface area contributed by atoms with Gasteiger partial charge in [-0.25, -0.2) is 4.79 Å². The quantitative estimate of drug-likeness (QED) is 0.682. The summed E-state index contributed by atoms with van der Waals surface area (Å²) in [6.45, 7) is 6.75. The Balaban J connectivity index is 2.07. The van der Waals surface area contributed by atoms with Crippen molar-refractivity contribution in [3.63, 3.8) is 0 Å². The van der Waals surface area contributed by atoms with E-state index in [9.17, 15) is 9.59 Å². The molecule has 0 bridgehead atoms. The molecule has 0 spiro atoms. The number of ether oxygens (including phenoxy) is 1. The van der Waals surface area contributed by atoms with Gasteiger partial charge in [-0.2, -0.15) is 0 Å². The van der Waals surface area contributed by atoms with Gasteiger partial charge in [0.1, 0.15) is 0 Å². The number of rotatable bonds is 7. The van der Waals surface area contributed by atoms with Crippen LogP contribution in [0.2, 0.25) is 0 Å². The van der Waals surface area contributed by atoms with Gasteiger partial charge in [-0.1, -0.05) is 13.8 Å². The zero-order valence-corrected chi connectivity index (χ0v) is 11.7. The molecule has 1 saturated heterocycles. The number of carboxylic acids is 1. The van der Waals surface area contributed by atoms with E-state index in [1.807, 2.05) is 0 Å². The van der Waals surface area contributed by atoms with Gasteiger partial charge in [0, 0.05) is 26.2 Å². The predicted octanol–water partition coefficient (Wildman–Crippen LogP) is 1.17. The van der Waals surface area contributed by atoms with E-state index in [4.69, 9.17) is 9.84 Å². The first kappa shape index (κ1) is 15.8. The van der Waals surface area contributed by atoms with Gasteiger partial charge in [0.15, 0.2) is 0 Å². The van der Waals surface area contributed by atoms with Crippen LogP contribution in [0.1, 0.15) is 26.7 Å². The highest BCUT2D eigenvalue weighted by molar-refractivity contribution is 5.77. The smallest absolute Gasteiger partial charge is 0.317 e. The third kappa shape index (κ3) is 5.92. The number of carbonyl (C=O) groups is 2. The highest BCUT2D eigenvalue weighted by atomic mass is 16.5. The Morgan fingerprint density at radius 1 is 1.42 bits per heavy atom. The van der Waals surface area contributed by atoms with Crippen LogP contribution in [0, 0.1) is 11.8 Å². The number of carbonyl (C=O) groups excluding carboxylic acids is 1. The summed E-state index contributed by atoms with van der Waals surface area (Å²) >= 11 is 0. The summed E-state index contributed by atoms with van der Waals surface area (Å²) in [7, 11) is 0. The summed E-state index contributed by atoms with van der Waals surface area (Å²) in [4.78, 5) is 24.0. The maximum atomic E-state index is 11.7. The number of nitrogens with zero attached hydrogens (tertiary/aromatic N) is 1. The lowest BCUT2D eigenvalue weighted by atomic mass is 10.1. The van der Waals surface area contributed by atoms with Crippen molar-refractivity contribution in [1.29, 1.82) is 0 Å². The number of amides is 2. The number of hydrogen-bond donors (Lipinski definition) is 2. The van der Waals surface area contributed by atoms with Crippen LogP contribution >= 0.6 is 0 Å². The second-order valence-corrected chi connectivity index (χ2v) is 5.30. The van der Waals surface area contributed by atoms with Crippen molar-refractivity contribution in [1.82, 2.24) is 10.2 Å². The van der Waals surface area contributed by atoms with Gasteiger partial charge in [-0.05, 0) is 18.8 Å². The molecule has 0 aromatic heterocycles. The average Bonchev–Trinajstić information content (AvgIpc) is 2.82. The number of hydrogen-bond acceptors (Lipinski definition) is 3. The van der Waals surface area contributed by atoms with Crippen LogP contribution < -0.4 is 5.32 Å². The van der Waals surface area contributed by atoms with Crippen molar-refractivity contribution < 1.29 is 19.4 Å². The lowest BCUT2D eigenvalue weighted by Gasteiger charge is -2.16. The van der Waals surface area contributed by atoms with Crippen LogP contribution in [0.4, 0.5) is 4.79 Å². The van der Waals surface area contributed by atoms with E-state index >= 15 is 0 Å². The minimum Gasteiger partial charge on any atom is -0.481 e. The van der Waals surface area contributed by atoms with Crippen LogP contribution in [0.3, 0.4) is 0 Å². The average molecular weight is 272 g/mol. The number of urea groups is 1. The number of aliphatic carboxylic acids is 1. The normalized spacial score (nSPS) is 18.9. The lowest BCUT2D eigenvalue weighted by molar-refractivity contribution is -0.141. The summed E-state index contributed by atoms with van der Waals surface area (Å²) in [5, 5.41) is 11.6. The minimum atomic E-state index is -0.827. The SMILES string of the molecule is CC(C)CCOCCNC(=O)N1CCC(C(=O)O)C1. The molecule has 0 radical (unpaired) electrons. The molecule has 110 valence electrons. The van der Waals surface area contributed by atoms with Crippen molar-refractivity contribution >= 4 is 12.0 Å². The van der Waals surface area contributed by atoms with Crippen LogP contribution in [-0.2, 0) is 9.53 Å². The Morgan fingerprint density at radius 2 is 2.16 bits per heavy atom. The Morgan fingerprint density at radius 3 is 2.74 bits per heavy atom. The molecule has 2 N–H and O–H groups in total. The van der Waals surface area contributed by atoms with Crippen molar-refractivity contribution in [2.75, 3.05) is 32.8 Å². The van der Waals surface area contributed by atoms with Crippen molar-refractivity contribution in [3.8, 4) is 0 Å². The third-order valence-corrected chi connectivity index (χ3v) is 3.19. The molecule has 1 aliphatic rings. The molecule has 0 aliphatic carbocycles. The van der Waals surface area contributed by atoms with Crippen LogP contribution in [-0.4, -0.2) is 54.9 Å². The molecule has 0 aromatic rings. The largest absolute Gasteiger partial charge is 0.481 e. The molecule has 0 saturated carbocycles. The van der Waals surface area contributed by atoms with Crippen LogP contribution in [0.5, 0.6) is 0 Å². The van der Waals surface area contributed by atoms with Gasteiger partial charge in [0.05, 0.1) is 12.5 Å². The second-order valence-electron chi connectivity index (χ2n) is 5.30. The van der Waals surface area contributed by atoms with Gasteiger partial charge in [-0.15, -0.1) is 0 Å². The van der Waals surface area contributed by atoms with E-state index in [0.717, 1.165) is 6.42 Å². The van der Waals surface area contributed by atoms with Crippen LogP contribution in [0.15, 0.2) is 0 Å². The molecular weight excluding hydrogens is 248 g/mol. The van der Waals surface area contributed by atoms with E-state index in [0.29, 0.717) is 45.2 Å². The first-order valence-electron chi connectivity index (χ1n) is 6.84. The van der Waals surface area contributed by atoms with E-state index in [2.05, 4.69) is 19.2 Å². The van der Waals surface area contributed by atoms with Crippen molar-refractivity contribution in [3.05, 3.63) is 0 Å². The zero-order valence-electron chi connectivity index (χ0n) is 11.7. The fourth-order valence-electron chi connectivity index (χ4n) is 1.91. The number of likely N-dealkylation sites (tertiary alicyclic amines) is 1. The predicted molar refractivity (Wildman–Crippen MR) is 71.0 cm³/mol. The Bertz CT molecular complexity index is 307. The van der Waals surface area contributed by atoms with E-state index in [-0.39, 0.29) is 6.03 Å². The zero-order chi connectivity index (χ0) is 14.3. The Hall–Kier alpha value is -1.30. The third-order valence-electron chi connectivity index (χ3n) is 3.19. The molecule has 6 heteroatoms. The fourth-order valence-corrected chi connectivity index (χ4v) is 1.91. The maximum Gasteiger partial charge on any atom is 0.317 e. The van der Waals surface area contributed by atoms with E-state index in [1.165, 1.54) is 0 Å². The summed E-state index contributed by atoms with van der Waals surface area (Å²) in [6, 6.07) is -0.198. The Labute approximate surface area is 114 Å². The highest BCUT2D eigenvalue weighted by Crippen LogP contribution is 2.15. The molecule has 0 aromatic carbocycles. The molecule has 1 heterocycles. The molecule has 1 unspecified atom stereocenters. The molecule has 1 rings (SSSR count). The molecule has 6 nitrogen and oxygen atoms in total. The standard InChI is InChI=1S/C13H24N2O4/c1-10(2)4-7-19-8-5-14-13(18)15-6-3-11(9-15)12(16)17/h10-11H,3-9H2,1-2H3,(H,14,18)(H,16,17). The summed E-state index contributed by atoms with van der Waals surface area (Å²) < 4.78 is 5.39. The number of nitrogens with one attached hydrogen (secondary N) is 1. The van der Waals surface area contributed by atoms with Crippen molar-refractivity contribution in [2.45, 2.75) is 26.7 Å². The first-order valence-corrected chi connectivity index (χ1v) is 6.84. The topological polar surface area (TPSA) is 78.9 Å².